The molecule has 0 fully saturated rings. The first-order chi connectivity index (χ1) is 6.07. The Hall–Kier alpha value is -0.0900. The monoisotopic (exact) mass is 237 g/mol. The Morgan fingerprint density at radius 2 is 2.00 bits per heavy atom. The molecule has 0 aliphatic rings. The first-order valence-electron chi connectivity index (χ1n) is 3.53. The molecule has 0 radical (unpaired) electrons. The second-order valence-corrected chi connectivity index (χ2v) is 3.74. The lowest BCUT2D eigenvalue weighted by Gasteiger charge is -2.11. The van der Waals surface area contributed by atoms with Gasteiger partial charge < -0.3 is 10.5 Å². The van der Waals surface area contributed by atoms with Gasteiger partial charge in [-0.15, -0.1) is 0 Å². The summed E-state index contributed by atoms with van der Waals surface area (Å²) in [7, 11) is 1.53. The Morgan fingerprint density at radius 1 is 1.38 bits per heavy atom. The van der Waals surface area contributed by atoms with Crippen molar-refractivity contribution in [2.75, 3.05) is 7.11 Å². The SMILES string of the molecule is COc1ccc(C(N)S)c(Cl)c1Cl. The minimum absolute atomic E-state index is 0.367. The first kappa shape index (κ1) is 11.0. The van der Waals surface area contributed by atoms with Crippen molar-refractivity contribution in [1.82, 2.24) is 0 Å². The van der Waals surface area contributed by atoms with Gasteiger partial charge in [-0.1, -0.05) is 29.3 Å². The third-order valence-corrected chi connectivity index (χ3v) is 2.77. The van der Waals surface area contributed by atoms with E-state index in [2.05, 4.69) is 12.6 Å². The number of ether oxygens (including phenoxy) is 1. The summed E-state index contributed by atoms with van der Waals surface area (Å²) in [6.45, 7) is 0. The van der Waals surface area contributed by atoms with E-state index in [1.165, 1.54) is 7.11 Å². The highest BCUT2D eigenvalue weighted by Gasteiger charge is 2.12. The lowest BCUT2D eigenvalue weighted by Crippen LogP contribution is -2.03. The molecule has 2 N–H and O–H groups in total. The van der Waals surface area contributed by atoms with Gasteiger partial charge in [-0.05, 0) is 11.6 Å². The molecule has 0 aromatic heterocycles. The van der Waals surface area contributed by atoms with Crippen LogP contribution in [0.25, 0.3) is 0 Å². The first-order valence-corrected chi connectivity index (χ1v) is 4.80. The molecule has 0 heterocycles. The van der Waals surface area contributed by atoms with Crippen LogP contribution in [-0.4, -0.2) is 7.11 Å². The number of nitrogens with two attached hydrogens (primary N) is 1. The predicted molar refractivity (Wildman–Crippen MR) is 58.9 cm³/mol. The molecule has 0 saturated carbocycles. The van der Waals surface area contributed by atoms with Gasteiger partial charge in [0.15, 0.2) is 0 Å². The number of methoxy groups -OCH3 is 1. The minimum Gasteiger partial charge on any atom is -0.495 e. The van der Waals surface area contributed by atoms with E-state index in [0.717, 1.165) is 0 Å². The summed E-state index contributed by atoms with van der Waals surface area (Å²) in [6.07, 6.45) is 0. The number of rotatable bonds is 2. The van der Waals surface area contributed by atoms with Gasteiger partial charge >= 0.3 is 0 Å². The fraction of sp³-hybridized carbons (Fsp3) is 0.250. The molecule has 13 heavy (non-hydrogen) atoms. The van der Waals surface area contributed by atoms with Gasteiger partial charge in [0.2, 0.25) is 0 Å². The molecule has 1 atom stereocenters. The van der Waals surface area contributed by atoms with Crippen molar-refractivity contribution in [3.8, 4) is 5.75 Å². The summed E-state index contributed by atoms with van der Waals surface area (Å²) in [4.78, 5) is 0. The van der Waals surface area contributed by atoms with E-state index in [0.29, 0.717) is 21.4 Å². The van der Waals surface area contributed by atoms with Crippen LogP contribution in [0.1, 0.15) is 10.9 Å². The van der Waals surface area contributed by atoms with E-state index in [1.54, 1.807) is 12.1 Å². The van der Waals surface area contributed by atoms with Crippen molar-refractivity contribution in [1.29, 1.82) is 0 Å². The van der Waals surface area contributed by atoms with Crippen LogP contribution < -0.4 is 10.5 Å². The van der Waals surface area contributed by atoms with E-state index in [9.17, 15) is 0 Å². The molecule has 1 unspecified atom stereocenters. The molecule has 5 heteroatoms. The zero-order valence-electron chi connectivity index (χ0n) is 6.92. The van der Waals surface area contributed by atoms with Gasteiger partial charge in [0.05, 0.1) is 17.5 Å². The molecule has 0 aliphatic carbocycles. The smallest absolute Gasteiger partial charge is 0.139 e. The van der Waals surface area contributed by atoms with Crippen LogP contribution in [0, 0.1) is 0 Å². The zero-order chi connectivity index (χ0) is 10.0. The minimum atomic E-state index is -0.434. The Kier molecular flexibility index (Phi) is 3.74. The highest BCUT2D eigenvalue weighted by atomic mass is 35.5. The molecule has 0 amide bonds. The Labute approximate surface area is 92.4 Å². The number of hydrogen-bond acceptors (Lipinski definition) is 3. The maximum atomic E-state index is 5.93. The van der Waals surface area contributed by atoms with Gasteiger partial charge in [-0.3, -0.25) is 0 Å². The Bertz CT molecular complexity index is 317. The van der Waals surface area contributed by atoms with Gasteiger partial charge in [-0.25, -0.2) is 0 Å². The fourth-order valence-corrected chi connectivity index (χ4v) is 1.75. The summed E-state index contributed by atoms with van der Waals surface area (Å²) < 4.78 is 4.98. The van der Waals surface area contributed by atoms with Crippen LogP contribution in [-0.2, 0) is 0 Å². The van der Waals surface area contributed by atoms with Crippen molar-refractivity contribution in [3.05, 3.63) is 27.7 Å². The third kappa shape index (κ3) is 2.23. The summed E-state index contributed by atoms with van der Waals surface area (Å²) in [5, 5.41) is 0.325. The summed E-state index contributed by atoms with van der Waals surface area (Å²) in [6, 6.07) is 3.45. The summed E-state index contributed by atoms with van der Waals surface area (Å²) in [5.41, 5.74) is 6.25. The molecule has 2 nitrogen and oxygen atoms in total. The zero-order valence-corrected chi connectivity index (χ0v) is 9.33. The molecule has 1 aromatic rings. The Balaban J connectivity index is 3.23. The van der Waals surface area contributed by atoms with Crippen molar-refractivity contribution >= 4 is 35.8 Å². The number of benzene rings is 1. The van der Waals surface area contributed by atoms with E-state index in [4.69, 9.17) is 33.7 Å². The molecule has 1 aromatic carbocycles. The second-order valence-electron chi connectivity index (χ2n) is 2.43. The topological polar surface area (TPSA) is 35.2 Å². The molecule has 1 rings (SSSR count). The van der Waals surface area contributed by atoms with Gasteiger partial charge in [0.25, 0.3) is 0 Å². The fourth-order valence-electron chi connectivity index (χ4n) is 0.933. The number of hydrogen-bond donors (Lipinski definition) is 2. The quantitative estimate of drug-likeness (QED) is 0.613. The lowest BCUT2D eigenvalue weighted by atomic mass is 10.2. The Morgan fingerprint density at radius 3 is 2.46 bits per heavy atom. The van der Waals surface area contributed by atoms with Crippen LogP contribution in [0.4, 0.5) is 0 Å². The highest BCUT2D eigenvalue weighted by molar-refractivity contribution is 7.80. The van der Waals surface area contributed by atoms with Crippen LogP contribution in [0.3, 0.4) is 0 Å². The standard InChI is InChI=1S/C8H9Cl2NOS/c1-12-5-3-2-4(8(11)13)6(9)7(5)10/h2-3,8,13H,11H2,1H3. The van der Waals surface area contributed by atoms with E-state index in [1.807, 2.05) is 0 Å². The van der Waals surface area contributed by atoms with Gasteiger partial charge in [0.1, 0.15) is 10.8 Å². The molecule has 0 bridgehead atoms. The van der Waals surface area contributed by atoms with Crippen LogP contribution in [0.2, 0.25) is 10.0 Å². The highest BCUT2D eigenvalue weighted by Crippen LogP contribution is 2.37. The van der Waals surface area contributed by atoms with Crippen molar-refractivity contribution in [2.45, 2.75) is 5.37 Å². The van der Waals surface area contributed by atoms with Crippen molar-refractivity contribution in [3.63, 3.8) is 0 Å². The molecular formula is C8H9Cl2NOS. The molecule has 0 aliphatic heterocycles. The van der Waals surface area contributed by atoms with Crippen LogP contribution >= 0.6 is 35.8 Å². The van der Waals surface area contributed by atoms with Gasteiger partial charge in [0, 0.05) is 0 Å². The maximum Gasteiger partial charge on any atom is 0.139 e. The third-order valence-electron chi connectivity index (χ3n) is 1.62. The van der Waals surface area contributed by atoms with Gasteiger partial charge in [-0.2, -0.15) is 12.6 Å². The predicted octanol–water partition coefficient (Wildman–Crippen LogP) is 2.89. The van der Waals surface area contributed by atoms with Crippen LogP contribution in [0.5, 0.6) is 5.75 Å². The normalized spacial score (nSPS) is 12.7. The average molecular weight is 238 g/mol. The number of thiol groups is 1. The van der Waals surface area contributed by atoms with Crippen LogP contribution in [0.15, 0.2) is 12.1 Å². The molecule has 72 valence electrons. The largest absolute Gasteiger partial charge is 0.495 e. The van der Waals surface area contributed by atoms with E-state index < -0.39 is 5.37 Å². The summed E-state index contributed by atoms with van der Waals surface area (Å²) in [5.74, 6) is 0.532. The van der Waals surface area contributed by atoms with Crippen molar-refractivity contribution < 1.29 is 4.74 Å². The lowest BCUT2D eigenvalue weighted by molar-refractivity contribution is 0.415. The van der Waals surface area contributed by atoms with E-state index in [-0.39, 0.29) is 0 Å². The molecular weight excluding hydrogens is 229 g/mol. The van der Waals surface area contributed by atoms with Crippen molar-refractivity contribution in [2.24, 2.45) is 5.73 Å². The van der Waals surface area contributed by atoms with E-state index >= 15 is 0 Å². The average Bonchev–Trinajstić information content (AvgIpc) is 2.09. The number of halogens is 2. The maximum absolute atomic E-state index is 5.93. The molecule has 0 saturated heterocycles. The summed E-state index contributed by atoms with van der Waals surface area (Å²) >= 11 is 15.9. The molecule has 0 spiro atoms. The second kappa shape index (κ2) is 4.42.